The van der Waals surface area contributed by atoms with Crippen molar-refractivity contribution in [3.63, 3.8) is 0 Å². The summed E-state index contributed by atoms with van der Waals surface area (Å²) in [7, 11) is 0. The van der Waals surface area contributed by atoms with E-state index in [2.05, 4.69) is 24.5 Å². The van der Waals surface area contributed by atoms with Crippen LogP contribution in [0.4, 0.5) is 5.69 Å². The van der Waals surface area contributed by atoms with Gasteiger partial charge in [-0.2, -0.15) is 0 Å². The Kier molecular flexibility index (Phi) is 5.70. The zero-order chi connectivity index (χ0) is 12.7. The van der Waals surface area contributed by atoms with E-state index in [0.29, 0.717) is 6.42 Å². The fourth-order valence-corrected chi connectivity index (χ4v) is 1.55. The van der Waals surface area contributed by atoms with Crippen LogP contribution in [0.15, 0.2) is 18.2 Å². The van der Waals surface area contributed by atoms with E-state index in [-0.39, 0.29) is 5.91 Å². The number of hydrogen-bond donors (Lipinski definition) is 2. The monoisotopic (exact) mass is 234 g/mol. The minimum Gasteiger partial charge on any atom is -0.326 e. The topological polar surface area (TPSA) is 41.1 Å². The average Bonchev–Trinajstić information content (AvgIpc) is 2.30. The smallest absolute Gasteiger partial charge is 0.225 e. The lowest BCUT2D eigenvalue weighted by Gasteiger charge is -2.08. The number of amides is 1. The molecule has 0 heterocycles. The third-order valence-electron chi connectivity index (χ3n) is 2.75. The minimum atomic E-state index is 0.0665. The summed E-state index contributed by atoms with van der Waals surface area (Å²) >= 11 is 0. The summed E-state index contributed by atoms with van der Waals surface area (Å²) in [6.45, 7) is 7.94. The Hall–Kier alpha value is -1.35. The van der Waals surface area contributed by atoms with Crippen LogP contribution in [-0.2, 0) is 4.79 Å². The highest BCUT2D eigenvalue weighted by atomic mass is 16.1. The summed E-state index contributed by atoms with van der Waals surface area (Å²) in [4.78, 5) is 11.6. The van der Waals surface area contributed by atoms with Crippen LogP contribution in [0.2, 0.25) is 0 Å². The van der Waals surface area contributed by atoms with E-state index in [0.717, 1.165) is 25.2 Å². The molecule has 1 aromatic carbocycles. The largest absolute Gasteiger partial charge is 0.326 e. The molecule has 0 aliphatic carbocycles. The Morgan fingerprint density at radius 3 is 2.59 bits per heavy atom. The Labute approximate surface area is 104 Å². The lowest BCUT2D eigenvalue weighted by Crippen LogP contribution is -2.22. The van der Waals surface area contributed by atoms with Crippen molar-refractivity contribution in [2.45, 2.75) is 33.6 Å². The summed E-state index contributed by atoms with van der Waals surface area (Å²) in [5, 5.41) is 6.12. The van der Waals surface area contributed by atoms with Crippen molar-refractivity contribution in [3.8, 4) is 0 Å². The number of aryl methyl sites for hydroxylation is 2. The van der Waals surface area contributed by atoms with Crippen LogP contribution >= 0.6 is 0 Å². The lowest BCUT2D eigenvalue weighted by molar-refractivity contribution is -0.116. The van der Waals surface area contributed by atoms with Crippen LogP contribution in [0.3, 0.4) is 0 Å². The molecular formula is C14H22N2O. The summed E-state index contributed by atoms with van der Waals surface area (Å²) < 4.78 is 0. The molecule has 2 N–H and O–H groups in total. The standard InChI is InChI=1S/C14H22N2O/c1-4-8-15-9-7-14(17)16-13-6-5-11(2)12(3)10-13/h5-6,10,15H,4,7-9H2,1-3H3,(H,16,17). The van der Waals surface area contributed by atoms with Gasteiger partial charge in [0.25, 0.3) is 0 Å². The molecule has 94 valence electrons. The second-order valence-corrected chi connectivity index (χ2v) is 4.35. The quantitative estimate of drug-likeness (QED) is 0.743. The Morgan fingerprint density at radius 1 is 1.18 bits per heavy atom. The van der Waals surface area contributed by atoms with E-state index in [1.54, 1.807) is 0 Å². The maximum absolute atomic E-state index is 11.6. The van der Waals surface area contributed by atoms with Crippen molar-refractivity contribution in [2.24, 2.45) is 0 Å². The number of benzene rings is 1. The van der Waals surface area contributed by atoms with Crippen molar-refractivity contribution in [1.29, 1.82) is 0 Å². The van der Waals surface area contributed by atoms with Gasteiger partial charge in [-0.25, -0.2) is 0 Å². The first-order chi connectivity index (χ1) is 8.13. The van der Waals surface area contributed by atoms with Gasteiger partial charge in [0.1, 0.15) is 0 Å². The average molecular weight is 234 g/mol. The fraction of sp³-hybridized carbons (Fsp3) is 0.500. The SMILES string of the molecule is CCCNCCC(=O)Nc1ccc(C)c(C)c1. The van der Waals surface area contributed by atoms with E-state index in [1.807, 2.05) is 25.1 Å². The van der Waals surface area contributed by atoms with Crippen molar-refractivity contribution in [1.82, 2.24) is 5.32 Å². The van der Waals surface area contributed by atoms with Crippen LogP contribution in [0.1, 0.15) is 30.9 Å². The summed E-state index contributed by atoms with van der Waals surface area (Å²) in [5.41, 5.74) is 3.33. The molecular weight excluding hydrogens is 212 g/mol. The van der Waals surface area contributed by atoms with E-state index >= 15 is 0 Å². The van der Waals surface area contributed by atoms with Crippen LogP contribution in [0.5, 0.6) is 0 Å². The number of hydrogen-bond acceptors (Lipinski definition) is 2. The molecule has 0 bridgehead atoms. The second kappa shape index (κ2) is 7.07. The van der Waals surface area contributed by atoms with Gasteiger partial charge >= 0.3 is 0 Å². The van der Waals surface area contributed by atoms with Gasteiger partial charge in [-0.3, -0.25) is 4.79 Å². The molecule has 3 heteroatoms. The highest BCUT2D eigenvalue weighted by Crippen LogP contribution is 2.14. The number of carbonyl (C=O) groups excluding carboxylic acids is 1. The number of rotatable bonds is 6. The van der Waals surface area contributed by atoms with E-state index < -0.39 is 0 Å². The Balaban J connectivity index is 2.37. The van der Waals surface area contributed by atoms with Crippen LogP contribution < -0.4 is 10.6 Å². The van der Waals surface area contributed by atoms with Crippen molar-refractivity contribution in [2.75, 3.05) is 18.4 Å². The molecule has 0 aliphatic heterocycles. The maximum Gasteiger partial charge on any atom is 0.225 e. The van der Waals surface area contributed by atoms with Crippen molar-refractivity contribution in [3.05, 3.63) is 29.3 Å². The van der Waals surface area contributed by atoms with Crippen LogP contribution in [0.25, 0.3) is 0 Å². The van der Waals surface area contributed by atoms with Crippen LogP contribution in [-0.4, -0.2) is 19.0 Å². The van der Waals surface area contributed by atoms with Gasteiger partial charge in [-0.05, 0) is 50.1 Å². The highest BCUT2D eigenvalue weighted by molar-refractivity contribution is 5.90. The van der Waals surface area contributed by atoms with Gasteiger partial charge in [-0.15, -0.1) is 0 Å². The molecule has 0 saturated heterocycles. The van der Waals surface area contributed by atoms with Gasteiger partial charge in [0, 0.05) is 18.7 Å². The van der Waals surface area contributed by atoms with Gasteiger partial charge < -0.3 is 10.6 Å². The normalized spacial score (nSPS) is 10.3. The van der Waals surface area contributed by atoms with E-state index in [9.17, 15) is 4.79 Å². The number of anilines is 1. The first-order valence-corrected chi connectivity index (χ1v) is 6.21. The summed E-state index contributed by atoms with van der Waals surface area (Å²) in [5.74, 6) is 0.0665. The Bertz CT molecular complexity index is 374. The molecule has 0 radical (unpaired) electrons. The first-order valence-electron chi connectivity index (χ1n) is 6.21. The third-order valence-corrected chi connectivity index (χ3v) is 2.75. The number of nitrogens with one attached hydrogen (secondary N) is 2. The lowest BCUT2D eigenvalue weighted by atomic mass is 10.1. The molecule has 0 spiro atoms. The zero-order valence-corrected chi connectivity index (χ0v) is 11.0. The molecule has 0 aliphatic rings. The molecule has 0 atom stereocenters. The minimum absolute atomic E-state index is 0.0665. The fourth-order valence-electron chi connectivity index (χ4n) is 1.55. The molecule has 1 rings (SSSR count). The molecule has 0 saturated carbocycles. The van der Waals surface area contributed by atoms with E-state index in [1.165, 1.54) is 11.1 Å². The predicted octanol–water partition coefficient (Wildman–Crippen LogP) is 2.63. The van der Waals surface area contributed by atoms with Crippen LogP contribution in [0, 0.1) is 13.8 Å². The van der Waals surface area contributed by atoms with Gasteiger partial charge in [0.05, 0.1) is 0 Å². The first kappa shape index (κ1) is 13.7. The third kappa shape index (κ3) is 5.00. The van der Waals surface area contributed by atoms with Crippen molar-refractivity contribution >= 4 is 11.6 Å². The molecule has 3 nitrogen and oxygen atoms in total. The van der Waals surface area contributed by atoms with Gasteiger partial charge in [0.2, 0.25) is 5.91 Å². The molecule has 0 aromatic heterocycles. The molecule has 0 fully saturated rings. The second-order valence-electron chi connectivity index (χ2n) is 4.35. The molecule has 0 unspecified atom stereocenters. The highest BCUT2D eigenvalue weighted by Gasteiger charge is 2.02. The molecule has 1 amide bonds. The van der Waals surface area contributed by atoms with E-state index in [4.69, 9.17) is 0 Å². The predicted molar refractivity (Wildman–Crippen MR) is 72.3 cm³/mol. The summed E-state index contributed by atoms with van der Waals surface area (Å²) in [6, 6.07) is 5.98. The zero-order valence-electron chi connectivity index (χ0n) is 11.0. The molecule has 17 heavy (non-hydrogen) atoms. The van der Waals surface area contributed by atoms with Crippen molar-refractivity contribution < 1.29 is 4.79 Å². The summed E-state index contributed by atoms with van der Waals surface area (Å²) in [6.07, 6.45) is 1.62. The van der Waals surface area contributed by atoms with Gasteiger partial charge in [0.15, 0.2) is 0 Å². The number of carbonyl (C=O) groups is 1. The Morgan fingerprint density at radius 2 is 1.94 bits per heavy atom. The maximum atomic E-state index is 11.6. The molecule has 1 aromatic rings. The van der Waals surface area contributed by atoms with Gasteiger partial charge in [-0.1, -0.05) is 13.0 Å².